The molecule has 0 bridgehead atoms. The van der Waals surface area contributed by atoms with Crippen LogP contribution in [0.1, 0.15) is 53.5 Å². The summed E-state index contributed by atoms with van der Waals surface area (Å²) in [7, 11) is 1.57. The van der Waals surface area contributed by atoms with Gasteiger partial charge in [-0.15, -0.1) is 5.10 Å². The van der Waals surface area contributed by atoms with Gasteiger partial charge in [0.1, 0.15) is 0 Å². The van der Waals surface area contributed by atoms with E-state index in [0.717, 1.165) is 34.3 Å². The summed E-state index contributed by atoms with van der Waals surface area (Å²) >= 11 is 6.42. The highest BCUT2D eigenvalue weighted by Crippen LogP contribution is 2.44. The molecular weight excluding hydrogens is 368 g/mol. The maximum atomic E-state index is 12.6. The number of nitrogens with zero attached hydrogens (tertiary/aromatic N) is 3. The number of rotatable bonds is 5. The number of H-pyrrole nitrogens is 1. The van der Waals surface area contributed by atoms with Gasteiger partial charge in [-0.1, -0.05) is 11.6 Å². The molecule has 1 amide bonds. The molecule has 1 aliphatic carbocycles. The van der Waals surface area contributed by atoms with Crippen molar-refractivity contribution in [2.75, 3.05) is 5.32 Å². The maximum Gasteiger partial charge on any atom is 0.286 e. The number of hydrogen-bond acceptors (Lipinski definition) is 5. The number of hydrogen-bond donors (Lipinski definition) is 3. The van der Waals surface area contributed by atoms with Gasteiger partial charge in [-0.2, -0.15) is 4.98 Å². The first-order valence-electron chi connectivity index (χ1n) is 8.67. The summed E-state index contributed by atoms with van der Waals surface area (Å²) in [4.78, 5) is 30.9. The van der Waals surface area contributed by atoms with Gasteiger partial charge < -0.3 is 16.0 Å². The number of carbonyl (C=O) groups excluding carboxylic acids is 1. The van der Waals surface area contributed by atoms with E-state index in [-0.39, 0.29) is 23.4 Å². The summed E-state index contributed by atoms with van der Waals surface area (Å²) in [6.45, 7) is 1.82. The lowest BCUT2D eigenvalue weighted by molar-refractivity contribution is 0.0986. The maximum absolute atomic E-state index is 12.6. The van der Waals surface area contributed by atoms with Crippen molar-refractivity contribution >= 4 is 34.4 Å². The number of fused-ring (bicyclic) bond motifs is 1. The molecule has 1 aliphatic rings. The number of aryl methyl sites for hydroxylation is 1. The molecule has 0 radical (unpaired) electrons. The number of carbonyl (C=O) groups is 1. The van der Waals surface area contributed by atoms with Crippen molar-refractivity contribution in [2.24, 2.45) is 12.8 Å². The van der Waals surface area contributed by atoms with Crippen LogP contribution in [0.25, 0.3) is 10.9 Å². The van der Waals surface area contributed by atoms with Crippen molar-refractivity contribution in [3.63, 3.8) is 0 Å². The minimum Gasteiger partial charge on any atom is -0.363 e. The fourth-order valence-corrected chi connectivity index (χ4v) is 3.55. The number of nitrogens with one attached hydrogen (secondary N) is 2. The van der Waals surface area contributed by atoms with E-state index in [1.54, 1.807) is 7.05 Å². The zero-order valence-electron chi connectivity index (χ0n) is 14.9. The first kappa shape index (κ1) is 17.5. The molecule has 0 aliphatic heterocycles. The zero-order valence-corrected chi connectivity index (χ0v) is 15.7. The third-order valence-corrected chi connectivity index (χ3v) is 5.13. The summed E-state index contributed by atoms with van der Waals surface area (Å²) in [5, 5.41) is 8.72. The zero-order chi connectivity index (χ0) is 19.3. The SMILES string of the molecule is C[C@H](Nc1nc(C(N)=O)n(C)n1)c1cc2cc(Cl)c(C3CC3)cc2[nH]c1=O. The standard InChI is InChI=1S/C18H19ClN6O2/c1-8(21-18-23-16(15(20)26)25(2)24-18)11-5-10-6-13(19)12(9-3-4-9)7-14(10)22-17(11)27/h5-9H,3-4H2,1-2H3,(H2,20,26)(H,21,24)(H,22,27)/t8-/m0/s1. The number of pyridine rings is 1. The van der Waals surface area contributed by atoms with Crippen LogP contribution in [0.2, 0.25) is 5.02 Å². The van der Waals surface area contributed by atoms with Gasteiger partial charge in [0.2, 0.25) is 11.8 Å². The van der Waals surface area contributed by atoms with E-state index < -0.39 is 5.91 Å². The monoisotopic (exact) mass is 386 g/mol. The second kappa shape index (κ2) is 6.38. The molecule has 1 fully saturated rings. The lowest BCUT2D eigenvalue weighted by atomic mass is 10.0. The Hall–Kier alpha value is -2.87. The lowest BCUT2D eigenvalue weighted by Gasteiger charge is -2.13. The molecule has 1 aromatic carbocycles. The second-order valence-electron chi connectivity index (χ2n) is 6.90. The van der Waals surface area contributed by atoms with Gasteiger partial charge in [-0.25, -0.2) is 4.68 Å². The molecule has 4 N–H and O–H groups in total. The molecular formula is C18H19ClN6O2. The molecule has 1 atom stereocenters. The topological polar surface area (TPSA) is 119 Å². The molecule has 2 aromatic heterocycles. The van der Waals surface area contributed by atoms with Crippen LogP contribution in [0.4, 0.5) is 5.95 Å². The molecule has 9 heteroatoms. The summed E-state index contributed by atoms with van der Waals surface area (Å²) < 4.78 is 1.29. The number of primary amides is 1. The minimum atomic E-state index is -0.671. The number of aromatic amines is 1. The minimum absolute atomic E-state index is 0.0384. The Labute approximate surface area is 159 Å². The number of halogens is 1. The van der Waals surface area contributed by atoms with Gasteiger partial charge in [-0.3, -0.25) is 9.59 Å². The van der Waals surface area contributed by atoms with E-state index >= 15 is 0 Å². The Balaban J connectivity index is 1.67. The molecule has 1 saturated carbocycles. The number of nitrogens with two attached hydrogens (primary N) is 1. The van der Waals surface area contributed by atoms with Crippen LogP contribution in [0.3, 0.4) is 0 Å². The van der Waals surface area contributed by atoms with Crippen molar-refractivity contribution < 1.29 is 4.79 Å². The van der Waals surface area contributed by atoms with Crippen molar-refractivity contribution in [3.05, 3.63) is 50.5 Å². The van der Waals surface area contributed by atoms with Gasteiger partial charge in [0.15, 0.2) is 0 Å². The predicted molar refractivity (Wildman–Crippen MR) is 103 cm³/mol. The van der Waals surface area contributed by atoms with Gasteiger partial charge in [0, 0.05) is 28.5 Å². The summed E-state index contributed by atoms with van der Waals surface area (Å²) in [5.41, 5.74) is 7.44. The highest BCUT2D eigenvalue weighted by atomic mass is 35.5. The molecule has 27 heavy (non-hydrogen) atoms. The van der Waals surface area contributed by atoms with Gasteiger partial charge in [-0.05, 0) is 49.4 Å². The van der Waals surface area contributed by atoms with E-state index in [1.165, 1.54) is 4.68 Å². The molecule has 3 aromatic rings. The van der Waals surface area contributed by atoms with Crippen molar-refractivity contribution in [1.82, 2.24) is 19.7 Å². The van der Waals surface area contributed by atoms with Gasteiger partial charge in [0.05, 0.1) is 6.04 Å². The Morgan fingerprint density at radius 2 is 2.15 bits per heavy atom. The van der Waals surface area contributed by atoms with Crippen LogP contribution in [-0.2, 0) is 7.05 Å². The van der Waals surface area contributed by atoms with Crippen LogP contribution in [0, 0.1) is 0 Å². The van der Waals surface area contributed by atoms with Crippen LogP contribution in [0.5, 0.6) is 0 Å². The summed E-state index contributed by atoms with van der Waals surface area (Å²) in [6, 6.07) is 5.29. The number of amides is 1. The van der Waals surface area contributed by atoms with Crippen LogP contribution in [-0.4, -0.2) is 25.7 Å². The second-order valence-corrected chi connectivity index (χ2v) is 7.31. The van der Waals surface area contributed by atoms with E-state index in [4.69, 9.17) is 17.3 Å². The summed E-state index contributed by atoms with van der Waals surface area (Å²) in [6.07, 6.45) is 2.28. The van der Waals surface area contributed by atoms with Gasteiger partial charge >= 0.3 is 0 Å². The Morgan fingerprint density at radius 1 is 1.41 bits per heavy atom. The van der Waals surface area contributed by atoms with E-state index in [0.29, 0.717) is 11.5 Å². The average molecular weight is 387 g/mol. The van der Waals surface area contributed by atoms with E-state index in [2.05, 4.69) is 20.4 Å². The number of aromatic nitrogens is 4. The van der Waals surface area contributed by atoms with Crippen LogP contribution >= 0.6 is 11.6 Å². The van der Waals surface area contributed by atoms with Gasteiger partial charge in [0.25, 0.3) is 11.5 Å². The largest absolute Gasteiger partial charge is 0.363 e. The lowest BCUT2D eigenvalue weighted by Crippen LogP contribution is -2.20. The molecule has 140 valence electrons. The Kier molecular flexibility index (Phi) is 4.15. The molecule has 0 spiro atoms. The van der Waals surface area contributed by atoms with E-state index in [1.807, 2.05) is 25.1 Å². The predicted octanol–water partition coefficient (Wildman–Crippen LogP) is 2.46. The average Bonchev–Trinajstić information content (AvgIpc) is 3.37. The normalized spacial score (nSPS) is 15.1. The Bertz CT molecular complexity index is 1110. The third-order valence-electron chi connectivity index (χ3n) is 4.80. The molecule has 8 nitrogen and oxygen atoms in total. The first-order chi connectivity index (χ1) is 12.8. The fourth-order valence-electron chi connectivity index (χ4n) is 3.22. The highest BCUT2D eigenvalue weighted by Gasteiger charge is 2.26. The molecule has 0 saturated heterocycles. The molecule has 2 heterocycles. The third kappa shape index (κ3) is 3.28. The van der Waals surface area contributed by atoms with Crippen molar-refractivity contribution in [2.45, 2.75) is 31.7 Å². The smallest absolute Gasteiger partial charge is 0.286 e. The Morgan fingerprint density at radius 3 is 2.78 bits per heavy atom. The number of anilines is 1. The van der Waals surface area contributed by atoms with Crippen molar-refractivity contribution in [1.29, 1.82) is 0 Å². The fraction of sp³-hybridized carbons (Fsp3) is 0.333. The molecule has 0 unspecified atom stereocenters. The number of benzene rings is 1. The highest BCUT2D eigenvalue weighted by molar-refractivity contribution is 6.32. The quantitative estimate of drug-likeness (QED) is 0.622. The van der Waals surface area contributed by atoms with Crippen LogP contribution < -0.4 is 16.6 Å². The summed E-state index contributed by atoms with van der Waals surface area (Å²) in [5.74, 6) is 0.0904. The molecule has 4 rings (SSSR count). The van der Waals surface area contributed by atoms with Crippen molar-refractivity contribution in [3.8, 4) is 0 Å². The van der Waals surface area contributed by atoms with E-state index in [9.17, 15) is 9.59 Å². The van der Waals surface area contributed by atoms with Crippen LogP contribution in [0.15, 0.2) is 23.0 Å². The first-order valence-corrected chi connectivity index (χ1v) is 9.05.